The topological polar surface area (TPSA) is 86.3 Å². The van der Waals surface area contributed by atoms with Crippen molar-refractivity contribution in [2.45, 2.75) is 34.1 Å². The van der Waals surface area contributed by atoms with Crippen LogP contribution in [-0.2, 0) is 14.9 Å². The molecule has 0 spiro atoms. The summed E-state index contributed by atoms with van der Waals surface area (Å²) in [6.07, 6.45) is 0.338. The van der Waals surface area contributed by atoms with Crippen molar-refractivity contribution in [2.24, 2.45) is 11.3 Å². The number of carbonyl (C=O) groups is 1. The van der Waals surface area contributed by atoms with Crippen LogP contribution in [0.25, 0.3) is 0 Å². The van der Waals surface area contributed by atoms with Gasteiger partial charge in [0.2, 0.25) is 5.91 Å². The van der Waals surface area contributed by atoms with E-state index in [0.29, 0.717) is 30.5 Å². The highest BCUT2D eigenvalue weighted by Gasteiger charge is 2.31. The van der Waals surface area contributed by atoms with E-state index in [1.807, 2.05) is 41.8 Å². The minimum atomic E-state index is -4.14. The molecule has 0 aromatic heterocycles. The Morgan fingerprint density at radius 2 is 1.76 bits per heavy atom. The highest BCUT2D eigenvalue weighted by molar-refractivity contribution is 7.85. The number of likely N-dealkylation sites (N-methyl/N-ethyl adjacent to an activating group) is 1. The molecule has 6 nitrogen and oxygen atoms in total. The first kappa shape index (κ1) is 20.3. The number of hydrogen-bond donors (Lipinski definition) is 1. The third kappa shape index (κ3) is 8.38. The number of carbonyl (C=O) groups excluding carboxylic acids is 1. The lowest BCUT2D eigenvalue weighted by molar-refractivity contribution is -0.889. The summed E-state index contributed by atoms with van der Waals surface area (Å²) < 4.78 is 32.3. The minimum absolute atomic E-state index is 0.0274. The third-order valence-electron chi connectivity index (χ3n) is 4.19. The fraction of sp³-hybridized carbons (Fsp3) is 0.929. The minimum Gasteiger partial charge on any atom is -0.748 e. The highest BCUT2D eigenvalue weighted by Crippen LogP contribution is 2.25. The molecule has 0 bridgehead atoms. The Morgan fingerprint density at radius 1 is 1.24 bits per heavy atom. The van der Waals surface area contributed by atoms with E-state index in [1.165, 1.54) is 0 Å². The average molecular weight is 322 g/mol. The van der Waals surface area contributed by atoms with Crippen LogP contribution in [0.1, 0.15) is 34.1 Å². The van der Waals surface area contributed by atoms with Gasteiger partial charge in [-0.1, -0.05) is 27.7 Å². The first-order valence-corrected chi connectivity index (χ1v) is 8.89. The van der Waals surface area contributed by atoms with Gasteiger partial charge in [-0.25, -0.2) is 8.42 Å². The Balaban J connectivity index is 4.18. The van der Waals surface area contributed by atoms with E-state index < -0.39 is 15.5 Å². The predicted octanol–water partition coefficient (Wildman–Crippen LogP) is 0.797. The van der Waals surface area contributed by atoms with Gasteiger partial charge in [0, 0.05) is 17.6 Å². The molecule has 0 atom stereocenters. The molecule has 0 aliphatic carbocycles. The van der Waals surface area contributed by atoms with Crippen LogP contribution >= 0.6 is 0 Å². The van der Waals surface area contributed by atoms with Crippen molar-refractivity contribution in [3.05, 3.63) is 0 Å². The molecule has 126 valence electrons. The summed E-state index contributed by atoms with van der Waals surface area (Å²) in [6, 6.07) is 0. The van der Waals surface area contributed by atoms with Gasteiger partial charge in [0.05, 0.1) is 43.8 Å². The largest absolute Gasteiger partial charge is 0.748 e. The van der Waals surface area contributed by atoms with Gasteiger partial charge >= 0.3 is 0 Å². The quantitative estimate of drug-likeness (QED) is 0.502. The van der Waals surface area contributed by atoms with Crippen LogP contribution in [0.15, 0.2) is 0 Å². The molecule has 1 amide bonds. The Labute approximate surface area is 129 Å². The maximum atomic E-state index is 12.1. The van der Waals surface area contributed by atoms with Gasteiger partial charge in [0.1, 0.15) is 0 Å². The number of nitrogens with one attached hydrogen (secondary N) is 1. The normalized spacial score (nSPS) is 13.5. The summed E-state index contributed by atoms with van der Waals surface area (Å²) in [5.74, 6) is -0.0524. The molecule has 0 aliphatic heterocycles. The average Bonchev–Trinajstić information content (AvgIpc) is 2.25. The number of nitrogens with zero attached hydrogens (tertiary/aromatic N) is 1. The molecule has 0 aromatic rings. The number of quaternary nitrogens is 1. The Hall–Kier alpha value is -0.660. The van der Waals surface area contributed by atoms with E-state index in [1.54, 1.807) is 0 Å². The van der Waals surface area contributed by atoms with Crippen LogP contribution in [0.2, 0.25) is 0 Å². The van der Waals surface area contributed by atoms with Crippen LogP contribution in [-0.4, -0.2) is 62.8 Å². The van der Waals surface area contributed by atoms with Crippen LogP contribution in [0, 0.1) is 11.3 Å². The van der Waals surface area contributed by atoms with Crippen molar-refractivity contribution >= 4 is 16.0 Å². The Bertz CT molecular complexity index is 442. The molecule has 0 heterocycles. The van der Waals surface area contributed by atoms with Gasteiger partial charge in [-0.3, -0.25) is 4.79 Å². The van der Waals surface area contributed by atoms with E-state index in [9.17, 15) is 17.8 Å². The lowest BCUT2D eigenvalue weighted by atomic mass is 9.80. The molecule has 0 unspecified atom stereocenters. The molecular weight excluding hydrogens is 292 g/mol. The fourth-order valence-corrected chi connectivity index (χ4v) is 2.23. The first-order chi connectivity index (χ1) is 9.28. The molecule has 0 aliphatic rings. The first-order valence-electron chi connectivity index (χ1n) is 7.32. The molecular formula is C14H30N2O4S. The van der Waals surface area contributed by atoms with Crippen LogP contribution in [0.3, 0.4) is 0 Å². The second-order valence-electron chi connectivity index (χ2n) is 7.13. The van der Waals surface area contributed by atoms with E-state index in [-0.39, 0.29) is 17.6 Å². The number of hydrogen-bond acceptors (Lipinski definition) is 4. The maximum absolute atomic E-state index is 12.1. The summed E-state index contributed by atoms with van der Waals surface area (Å²) in [5.41, 5.74) is -0.409. The fourth-order valence-electron chi connectivity index (χ4n) is 1.74. The summed E-state index contributed by atoms with van der Waals surface area (Å²) in [4.78, 5) is 12.1. The van der Waals surface area contributed by atoms with Crippen LogP contribution in [0.4, 0.5) is 0 Å². The molecule has 0 rings (SSSR count). The van der Waals surface area contributed by atoms with Crippen molar-refractivity contribution in [3.8, 4) is 0 Å². The lowest BCUT2D eigenvalue weighted by Crippen LogP contribution is -2.48. The van der Waals surface area contributed by atoms with Crippen molar-refractivity contribution in [2.75, 3.05) is 39.5 Å². The van der Waals surface area contributed by atoms with Gasteiger partial charge < -0.3 is 14.4 Å². The van der Waals surface area contributed by atoms with Gasteiger partial charge in [0.15, 0.2) is 0 Å². The van der Waals surface area contributed by atoms with Crippen LogP contribution < -0.4 is 5.32 Å². The number of amides is 1. The zero-order valence-corrected chi connectivity index (χ0v) is 14.9. The van der Waals surface area contributed by atoms with Crippen molar-refractivity contribution in [3.63, 3.8) is 0 Å². The maximum Gasteiger partial charge on any atom is 0.226 e. The summed E-state index contributed by atoms with van der Waals surface area (Å²) in [5, 5.41) is 2.93. The third-order valence-corrected chi connectivity index (χ3v) is 4.98. The molecule has 7 heteroatoms. The molecule has 0 radical (unpaired) electrons. The highest BCUT2D eigenvalue weighted by atomic mass is 32.2. The van der Waals surface area contributed by atoms with E-state index in [4.69, 9.17) is 0 Å². The van der Waals surface area contributed by atoms with E-state index in [0.717, 1.165) is 0 Å². The van der Waals surface area contributed by atoms with Crippen molar-refractivity contribution in [1.82, 2.24) is 5.32 Å². The van der Waals surface area contributed by atoms with E-state index in [2.05, 4.69) is 5.32 Å². The van der Waals surface area contributed by atoms with E-state index >= 15 is 0 Å². The van der Waals surface area contributed by atoms with Gasteiger partial charge in [0.25, 0.3) is 0 Å². The second kappa shape index (κ2) is 7.56. The van der Waals surface area contributed by atoms with Gasteiger partial charge in [-0.15, -0.1) is 0 Å². The Kier molecular flexibility index (Phi) is 7.32. The second-order valence-corrected chi connectivity index (χ2v) is 8.65. The van der Waals surface area contributed by atoms with Crippen molar-refractivity contribution in [1.29, 1.82) is 0 Å². The van der Waals surface area contributed by atoms with Crippen LogP contribution in [0.5, 0.6) is 0 Å². The summed E-state index contributed by atoms with van der Waals surface area (Å²) in [7, 11) is -0.228. The summed E-state index contributed by atoms with van der Waals surface area (Å²) >= 11 is 0. The molecule has 1 N–H and O–H groups in total. The SMILES string of the molecule is CC(C)C(C)(C)C(=O)NCC[N+](C)(C)CCCS(=O)(=O)[O-]. The predicted molar refractivity (Wildman–Crippen MR) is 82.7 cm³/mol. The zero-order chi connectivity index (χ0) is 16.9. The molecule has 0 saturated carbocycles. The Morgan fingerprint density at radius 3 is 2.19 bits per heavy atom. The standard InChI is InChI=1S/C14H30N2O4S/c1-12(2)14(3,4)13(17)15-8-10-16(5,6)9-7-11-21(18,19)20/h12H,7-11H2,1-6H3,(H-,15,17,18,19,20). The molecule has 21 heavy (non-hydrogen) atoms. The summed E-state index contributed by atoms with van der Waals surface area (Å²) in [6.45, 7) is 9.69. The monoisotopic (exact) mass is 322 g/mol. The zero-order valence-electron chi connectivity index (χ0n) is 14.1. The number of rotatable bonds is 9. The van der Waals surface area contributed by atoms with Gasteiger partial charge in [-0.2, -0.15) is 0 Å². The molecule has 0 fully saturated rings. The smallest absolute Gasteiger partial charge is 0.226 e. The van der Waals surface area contributed by atoms with Crippen molar-refractivity contribution < 1.29 is 22.2 Å². The molecule has 0 aromatic carbocycles. The lowest BCUT2D eigenvalue weighted by Gasteiger charge is -2.32. The van der Waals surface area contributed by atoms with Gasteiger partial charge in [-0.05, 0) is 5.92 Å². The molecule has 0 saturated heterocycles.